The molecule has 156 valence electrons. The van der Waals surface area contributed by atoms with Gasteiger partial charge in [0.2, 0.25) is 5.91 Å². The fraction of sp³-hybridized carbons (Fsp3) is 0.318. The van der Waals surface area contributed by atoms with Crippen molar-refractivity contribution in [3.05, 3.63) is 58.4 Å². The van der Waals surface area contributed by atoms with E-state index in [-0.39, 0.29) is 30.3 Å². The minimum Gasteiger partial charge on any atom is -0.361 e. The normalized spacial score (nSPS) is 17.6. The summed E-state index contributed by atoms with van der Waals surface area (Å²) in [7, 11) is 0. The highest BCUT2D eigenvalue weighted by molar-refractivity contribution is 7.10. The molecular weight excluding hydrogens is 400 g/mol. The number of fused-ring (bicyclic) bond motifs is 1. The maximum Gasteiger partial charge on any atom is 0.325 e. The van der Waals surface area contributed by atoms with Gasteiger partial charge in [-0.2, -0.15) is 0 Å². The first-order valence-electron chi connectivity index (χ1n) is 9.93. The zero-order valence-corrected chi connectivity index (χ0v) is 17.7. The molecule has 0 unspecified atom stereocenters. The predicted molar refractivity (Wildman–Crippen MR) is 116 cm³/mol. The van der Waals surface area contributed by atoms with Gasteiger partial charge in [-0.05, 0) is 29.0 Å². The second-order valence-corrected chi connectivity index (χ2v) is 8.77. The number of nitrogens with one attached hydrogen (secondary N) is 3. The molecule has 8 heteroatoms. The lowest BCUT2D eigenvalue weighted by Gasteiger charge is -2.22. The van der Waals surface area contributed by atoms with Crippen LogP contribution in [0.1, 0.15) is 30.3 Å². The second kappa shape index (κ2) is 8.31. The molecule has 4 rings (SSSR count). The Morgan fingerprint density at radius 2 is 2.00 bits per heavy atom. The monoisotopic (exact) mass is 424 g/mol. The van der Waals surface area contributed by atoms with Crippen molar-refractivity contribution in [2.24, 2.45) is 5.92 Å². The van der Waals surface area contributed by atoms with Gasteiger partial charge in [0.25, 0.3) is 5.91 Å². The van der Waals surface area contributed by atoms with Crippen molar-refractivity contribution in [3.63, 3.8) is 0 Å². The molecule has 0 aliphatic carbocycles. The molecule has 1 aliphatic rings. The number of para-hydroxylation sites is 1. The number of hydrogen-bond donors (Lipinski definition) is 3. The average molecular weight is 425 g/mol. The number of carbonyl (C=O) groups excluding carboxylic acids is 3. The molecule has 1 fully saturated rings. The van der Waals surface area contributed by atoms with Gasteiger partial charge in [0.05, 0.1) is 6.04 Å². The number of rotatable bonds is 7. The summed E-state index contributed by atoms with van der Waals surface area (Å²) in [5.41, 5.74) is 1.93. The molecule has 4 amide bonds. The van der Waals surface area contributed by atoms with E-state index in [0.29, 0.717) is 6.42 Å². The summed E-state index contributed by atoms with van der Waals surface area (Å²) in [5.74, 6) is -0.540. The van der Waals surface area contributed by atoms with Crippen molar-refractivity contribution < 1.29 is 14.4 Å². The number of aromatic amines is 1. The van der Waals surface area contributed by atoms with E-state index in [2.05, 4.69) is 15.6 Å². The molecule has 30 heavy (non-hydrogen) atoms. The highest BCUT2D eigenvalue weighted by Gasteiger charge is 2.39. The van der Waals surface area contributed by atoms with Crippen molar-refractivity contribution in [1.82, 2.24) is 20.5 Å². The zero-order chi connectivity index (χ0) is 21.3. The van der Waals surface area contributed by atoms with Crippen LogP contribution in [0.15, 0.2) is 48.0 Å². The van der Waals surface area contributed by atoms with Crippen LogP contribution in [0.4, 0.5) is 4.79 Å². The van der Waals surface area contributed by atoms with Gasteiger partial charge in [-0.1, -0.05) is 38.1 Å². The number of benzene rings is 1. The van der Waals surface area contributed by atoms with Crippen molar-refractivity contribution >= 4 is 40.1 Å². The predicted octanol–water partition coefficient (Wildman–Crippen LogP) is 3.21. The summed E-state index contributed by atoms with van der Waals surface area (Å²) < 4.78 is 0. The lowest BCUT2D eigenvalue weighted by molar-refractivity contribution is -0.132. The molecule has 0 bridgehead atoms. The lowest BCUT2D eigenvalue weighted by atomic mass is 10.0. The topological polar surface area (TPSA) is 94.3 Å². The molecule has 1 aliphatic heterocycles. The van der Waals surface area contributed by atoms with Crippen molar-refractivity contribution in [2.75, 3.05) is 6.54 Å². The summed E-state index contributed by atoms with van der Waals surface area (Å²) in [6, 6.07) is 10.4. The molecular formula is C22H24N4O3S. The first kappa shape index (κ1) is 20.2. The molecule has 0 radical (unpaired) electrons. The van der Waals surface area contributed by atoms with E-state index >= 15 is 0 Å². The average Bonchev–Trinajstić information content (AvgIpc) is 3.44. The van der Waals surface area contributed by atoms with Crippen molar-refractivity contribution in [2.45, 2.75) is 32.4 Å². The van der Waals surface area contributed by atoms with Crippen LogP contribution in [-0.2, 0) is 16.0 Å². The third-order valence-electron chi connectivity index (χ3n) is 5.34. The van der Waals surface area contributed by atoms with Crippen LogP contribution >= 0.6 is 11.3 Å². The summed E-state index contributed by atoms with van der Waals surface area (Å²) >= 11 is 1.57. The van der Waals surface area contributed by atoms with Crippen LogP contribution in [0.25, 0.3) is 10.9 Å². The van der Waals surface area contributed by atoms with Crippen molar-refractivity contribution in [3.8, 4) is 0 Å². The number of thiophene rings is 1. The highest BCUT2D eigenvalue weighted by Crippen LogP contribution is 2.26. The summed E-state index contributed by atoms with van der Waals surface area (Å²) in [5, 5.41) is 8.66. The Morgan fingerprint density at radius 1 is 1.20 bits per heavy atom. The first-order chi connectivity index (χ1) is 14.4. The number of amides is 4. The highest BCUT2D eigenvalue weighted by atomic mass is 32.1. The maximum absolute atomic E-state index is 12.8. The molecule has 1 saturated heterocycles. The van der Waals surface area contributed by atoms with Gasteiger partial charge < -0.3 is 15.6 Å². The quantitative estimate of drug-likeness (QED) is 0.509. The summed E-state index contributed by atoms with van der Waals surface area (Å²) in [6.45, 7) is 3.76. The van der Waals surface area contributed by atoms with E-state index in [1.54, 1.807) is 11.3 Å². The van der Waals surface area contributed by atoms with E-state index < -0.39 is 12.1 Å². The molecule has 0 spiro atoms. The SMILES string of the molecule is CC(C)[C@H](NC(=O)CN1C(=O)N[C@@H](Cc2c[nH]c3ccccc23)C1=O)c1cccs1. The largest absolute Gasteiger partial charge is 0.361 e. The zero-order valence-electron chi connectivity index (χ0n) is 16.8. The summed E-state index contributed by atoms with van der Waals surface area (Å²) in [6.07, 6.45) is 2.23. The van der Waals surface area contributed by atoms with Crippen LogP contribution in [0, 0.1) is 5.92 Å². The minimum atomic E-state index is -0.678. The number of aromatic nitrogens is 1. The molecule has 7 nitrogen and oxygen atoms in total. The Bertz CT molecular complexity index is 1070. The Hall–Kier alpha value is -3.13. The standard InChI is InChI=1S/C22H24N4O3S/c1-13(2)20(18-8-5-9-30-18)25-19(27)12-26-21(28)17(24-22(26)29)10-14-11-23-16-7-4-3-6-15(14)16/h3-9,11,13,17,20,23H,10,12H2,1-2H3,(H,24,29)(H,25,27)/t17-,20-/m0/s1. The van der Waals surface area contributed by atoms with E-state index in [9.17, 15) is 14.4 Å². The molecule has 2 atom stereocenters. The van der Waals surface area contributed by atoms with E-state index in [1.807, 2.05) is 61.8 Å². The van der Waals surface area contributed by atoms with Gasteiger partial charge in [0, 0.05) is 28.4 Å². The Balaban J connectivity index is 1.42. The number of imide groups is 1. The van der Waals surface area contributed by atoms with Gasteiger partial charge >= 0.3 is 6.03 Å². The maximum atomic E-state index is 12.8. The van der Waals surface area contributed by atoms with Crippen molar-refractivity contribution in [1.29, 1.82) is 0 Å². The number of nitrogens with zero attached hydrogens (tertiary/aromatic N) is 1. The Kier molecular flexibility index (Phi) is 5.59. The third kappa shape index (κ3) is 3.95. The fourth-order valence-corrected chi connectivity index (χ4v) is 4.73. The van der Waals surface area contributed by atoms with E-state index in [4.69, 9.17) is 0 Å². The number of hydrogen-bond acceptors (Lipinski definition) is 4. The number of carbonyl (C=O) groups is 3. The van der Waals surface area contributed by atoms with Gasteiger partial charge in [0.1, 0.15) is 12.6 Å². The van der Waals surface area contributed by atoms with Crippen LogP contribution in [0.2, 0.25) is 0 Å². The molecule has 3 heterocycles. The lowest BCUT2D eigenvalue weighted by Crippen LogP contribution is -2.43. The van der Waals surface area contributed by atoms with Crippen LogP contribution in [0.5, 0.6) is 0 Å². The van der Waals surface area contributed by atoms with Gasteiger partial charge in [-0.3, -0.25) is 14.5 Å². The van der Waals surface area contributed by atoms with Crippen LogP contribution < -0.4 is 10.6 Å². The minimum absolute atomic E-state index is 0.153. The van der Waals surface area contributed by atoms with Gasteiger partial charge in [0.15, 0.2) is 0 Å². The summed E-state index contributed by atoms with van der Waals surface area (Å²) in [4.78, 5) is 43.0. The molecule has 2 aromatic heterocycles. The molecule has 3 aromatic rings. The Labute approximate surface area is 178 Å². The van der Waals surface area contributed by atoms with Gasteiger partial charge in [-0.15, -0.1) is 11.3 Å². The third-order valence-corrected chi connectivity index (χ3v) is 6.30. The molecule has 1 aromatic carbocycles. The van der Waals surface area contributed by atoms with Crippen LogP contribution in [-0.4, -0.2) is 40.3 Å². The van der Waals surface area contributed by atoms with E-state index in [1.165, 1.54) is 0 Å². The smallest absolute Gasteiger partial charge is 0.325 e. The number of urea groups is 1. The molecule has 3 N–H and O–H groups in total. The number of H-pyrrole nitrogens is 1. The first-order valence-corrected chi connectivity index (χ1v) is 10.8. The van der Waals surface area contributed by atoms with E-state index in [0.717, 1.165) is 26.2 Å². The fourth-order valence-electron chi connectivity index (χ4n) is 3.78. The Morgan fingerprint density at radius 3 is 2.73 bits per heavy atom. The van der Waals surface area contributed by atoms with Gasteiger partial charge in [-0.25, -0.2) is 4.79 Å². The second-order valence-electron chi connectivity index (χ2n) is 7.79. The molecule has 0 saturated carbocycles. The van der Waals surface area contributed by atoms with Crippen LogP contribution in [0.3, 0.4) is 0 Å².